The van der Waals surface area contributed by atoms with Crippen LogP contribution >= 0.6 is 0 Å². The summed E-state index contributed by atoms with van der Waals surface area (Å²) in [6.45, 7) is 4.40. The zero-order valence-electron chi connectivity index (χ0n) is 12.7. The molecule has 0 aromatic rings. The van der Waals surface area contributed by atoms with Gasteiger partial charge in [-0.25, -0.2) is 0 Å². The lowest BCUT2D eigenvalue weighted by molar-refractivity contribution is -0.273. The van der Waals surface area contributed by atoms with Gasteiger partial charge in [-0.15, -0.1) is 0 Å². The van der Waals surface area contributed by atoms with Crippen LogP contribution < -0.4 is 0 Å². The minimum absolute atomic E-state index is 0.187. The number of hydrogen-bond donors (Lipinski definition) is 0. The van der Waals surface area contributed by atoms with Crippen molar-refractivity contribution in [3.8, 4) is 0 Å². The van der Waals surface area contributed by atoms with E-state index >= 15 is 0 Å². The fourth-order valence-corrected chi connectivity index (χ4v) is 1.97. The molecule has 1 heterocycles. The van der Waals surface area contributed by atoms with Crippen LogP contribution in [0, 0.1) is 0 Å². The second kappa shape index (κ2) is 7.74. The highest BCUT2D eigenvalue weighted by atomic mass is 16.7. The second-order valence-electron chi connectivity index (χ2n) is 4.61. The van der Waals surface area contributed by atoms with Crippen LogP contribution in [-0.2, 0) is 42.9 Å². The molecular weight excluding hydrogens is 300 g/mol. The molecule has 0 aromatic carbocycles. The summed E-state index contributed by atoms with van der Waals surface area (Å²) in [5.74, 6) is -2.68. The van der Waals surface area contributed by atoms with E-state index in [1.165, 1.54) is 6.92 Å². The molecule has 1 rings (SSSR count). The van der Waals surface area contributed by atoms with Gasteiger partial charge in [0.05, 0.1) is 6.61 Å². The van der Waals surface area contributed by atoms with E-state index in [1.54, 1.807) is 0 Å². The number of rotatable bonds is 4. The molecular formula is C13H18O9. The summed E-state index contributed by atoms with van der Waals surface area (Å²) in [5, 5.41) is 0. The molecule has 0 aliphatic carbocycles. The van der Waals surface area contributed by atoms with Crippen molar-refractivity contribution in [1.29, 1.82) is 0 Å². The first-order valence-electron chi connectivity index (χ1n) is 6.51. The fourth-order valence-electron chi connectivity index (χ4n) is 1.97. The highest BCUT2D eigenvalue weighted by Gasteiger charge is 2.48. The normalized spacial score (nSPS) is 27.5. The van der Waals surface area contributed by atoms with Crippen molar-refractivity contribution in [2.75, 3.05) is 6.61 Å². The highest BCUT2D eigenvalue weighted by molar-refractivity contribution is 5.69. The van der Waals surface area contributed by atoms with Crippen LogP contribution in [0.25, 0.3) is 0 Å². The zero-order chi connectivity index (χ0) is 16.9. The average molecular weight is 318 g/mol. The largest absolute Gasteiger partial charge is 0.456 e. The van der Waals surface area contributed by atoms with E-state index in [9.17, 15) is 19.2 Å². The van der Waals surface area contributed by atoms with Crippen molar-refractivity contribution in [2.45, 2.75) is 52.3 Å². The van der Waals surface area contributed by atoms with Crippen molar-refractivity contribution in [3.63, 3.8) is 0 Å². The molecule has 0 aromatic heterocycles. The molecule has 4 atom stereocenters. The van der Waals surface area contributed by atoms with Gasteiger partial charge in [-0.05, 0) is 0 Å². The van der Waals surface area contributed by atoms with Crippen molar-refractivity contribution in [1.82, 2.24) is 0 Å². The number of carbonyl (C=O) groups is 4. The minimum Gasteiger partial charge on any atom is -0.456 e. The molecule has 0 amide bonds. The van der Waals surface area contributed by atoms with Gasteiger partial charge < -0.3 is 23.7 Å². The van der Waals surface area contributed by atoms with Crippen molar-refractivity contribution < 1.29 is 42.9 Å². The van der Waals surface area contributed by atoms with E-state index < -0.39 is 48.5 Å². The predicted molar refractivity (Wildman–Crippen MR) is 68.2 cm³/mol. The molecule has 0 N–H and O–H groups in total. The molecule has 22 heavy (non-hydrogen) atoms. The molecule has 0 bridgehead atoms. The fraction of sp³-hybridized carbons (Fsp3) is 0.692. The minimum atomic E-state index is -1.27. The third-order valence-corrected chi connectivity index (χ3v) is 2.59. The van der Waals surface area contributed by atoms with Crippen LogP contribution in [0.1, 0.15) is 27.7 Å². The summed E-state index contributed by atoms with van der Waals surface area (Å²) in [6, 6.07) is 0. The molecule has 9 nitrogen and oxygen atoms in total. The summed E-state index contributed by atoms with van der Waals surface area (Å²) < 4.78 is 25.2. The van der Waals surface area contributed by atoms with Crippen LogP contribution in [0.4, 0.5) is 0 Å². The lowest BCUT2D eigenvalue weighted by Crippen LogP contribution is -2.58. The first kappa shape index (κ1) is 17.9. The second-order valence-corrected chi connectivity index (χ2v) is 4.61. The SMILES string of the molecule is CC(=O)OC1OC[C@@H](OC(C)=O)[C@@H](OC(C)=O)[C@H]1OC(C)=O. The van der Waals surface area contributed by atoms with Crippen molar-refractivity contribution in [3.05, 3.63) is 0 Å². The molecule has 1 saturated heterocycles. The number of ether oxygens (including phenoxy) is 5. The van der Waals surface area contributed by atoms with E-state index in [4.69, 9.17) is 23.7 Å². The molecule has 124 valence electrons. The van der Waals surface area contributed by atoms with Crippen LogP contribution in [0.2, 0.25) is 0 Å². The first-order valence-corrected chi connectivity index (χ1v) is 6.51. The van der Waals surface area contributed by atoms with E-state index in [0.717, 1.165) is 20.8 Å². The maximum atomic E-state index is 11.3. The Morgan fingerprint density at radius 3 is 1.64 bits per heavy atom. The Morgan fingerprint density at radius 2 is 1.18 bits per heavy atom. The summed E-state index contributed by atoms with van der Waals surface area (Å²) in [5.41, 5.74) is 0. The molecule has 1 fully saturated rings. The van der Waals surface area contributed by atoms with Crippen LogP contribution in [0.15, 0.2) is 0 Å². The summed E-state index contributed by atoms with van der Waals surface area (Å²) >= 11 is 0. The molecule has 1 aliphatic rings. The Morgan fingerprint density at radius 1 is 0.727 bits per heavy atom. The maximum absolute atomic E-state index is 11.3. The van der Waals surface area contributed by atoms with Gasteiger partial charge in [0.25, 0.3) is 0 Å². The van der Waals surface area contributed by atoms with Gasteiger partial charge in [0, 0.05) is 27.7 Å². The van der Waals surface area contributed by atoms with Crippen LogP contribution in [-0.4, -0.2) is 55.1 Å². The Balaban J connectivity index is 3.03. The monoisotopic (exact) mass is 318 g/mol. The quantitative estimate of drug-likeness (QED) is 0.509. The molecule has 0 saturated carbocycles. The van der Waals surface area contributed by atoms with Gasteiger partial charge in [0.1, 0.15) is 0 Å². The smallest absolute Gasteiger partial charge is 0.305 e. The standard InChI is InChI=1S/C13H18O9/c1-6(14)19-10-5-18-13(22-9(4)17)12(21-8(3)16)11(10)20-7(2)15/h10-13H,5H2,1-4H3/t10-,11-,12-,13?/m1/s1. The zero-order valence-corrected chi connectivity index (χ0v) is 12.7. The van der Waals surface area contributed by atoms with Crippen LogP contribution in [0.5, 0.6) is 0 Å². The summed E-state index contributed by atoms with van der Waals surface area (Å²) in [7, 11) is 0. The van der Waals surface area contributed by atoms with E-state index in [-0.39, 0.29) is 6.61 Å². The number of carbonyl (C=O) groups excluding carboxylic acids is 4. The number of hydrogen-bond acceptors (Lipinski definition) is 9. The third-order valence-electron chi connectivity index (χ3n) is 2.59. The molecule has 1 aliphatic heterocycles. The van der Waals surface area contributed by atoms with Gasteiger partial charge in [0.2, 0.25) is 12.4 Å². The Hall–Kier alpha value is -2.16. The third kappa shape index (κ3) is 5.32. The topological polar surface area (TPSA) is 114 Å². The van der Waals surface area contributed by atoms with Crippen molar-refractivity contribution in [2.24, 2.45) is 0 Å². The lowest BCUT2D eigenvalue weighted by atomic mass is 10.0. The Labute approximate surface area is 126 Å². The molecule has 0 spiro atoms. The maximum Gasteiger partial charge on any atom is 0.305 e. The van der Waals surface area contributed by atoms with E-state index in [1.807, 2.05) is 0 Å². The highest BCUT2D eigenvalue weighted by Crippen LogP contribution is 2.25. The summed E-state index contributed by atoms with van der Waals surface area (Å²) in [4.78, 5) is 44.7. The van der Waals surface area contributed by atoms with Gasteiger partial charge in [-0.2, -0.15) is 0 Å². The molecule has 1 unspecified atom stereocenters. The summed E-state index contributed by atoms with van der Waals surface area (Å²) in [6.07, 6.45) is -4.65. The molecule has 0 radical (unpaired) electrons. The predicted octanol–water partition coefficient (Wildman–Crippen LogP) is -0.299. The van der Waals surface area contributed by atoms with Gasteiger partial charge in [-0.3, -0.25) is 19.2 Å². The van der Waals surface area contributed by atoms with Gasteiger partial charge in [0.15, 0.2) is 12.2 Å². The first-order chi connectivity index (χ1) is 10.2. The van der Waals surface area contributed by atoms with Gasteiger partial charge >= 0.3 is 23.9 Å². The molecule has 9 heteroatoms. The van der Waals surface area contributed by atoms with Gasteiger partial charge in [-0.1, -0.05) is 0 Å². The van der Waals surface area contributed by atoms with Crippen molar-refractivity contribution >= 4 is 23.9 Å². The van der Waals surface area contributed by atoms with Crippen LogP contribution in [0.3, 0.4) is 0 Å². The van der Waals surface area contributed by atoms with E-state index in [0.29, 0.717) is 0 Å². The lowest BCUT2D eigenvalue weighted by Gasteiger charge is -2.39. The number of esters is 4. The average Bonchev–Trinajstić information content (AvgIpc) is 2.34. The van der Waals surface area contributed by atoms with E-state index in [2.05, 4.69) is 0 Å². The Kier molecular flexibility index (Phi) is 6.29. The Bertz CT molecular complexity index is 416.